The maximum atomic E-state index is 10.8. The number of carbonyl (C=O) groups excluding carboxylic acids is 1. The Morgan fingerprint density at radius 3 is 2.00 bits per heavy atom. The molecule has 0 aromatic heterocycles. The molecule has 3 heteroatoms. The molecule has 15 heavy (non-hydrogen) atoms. The van der Waals surface area contributed by atoms with Gasteiger partial charge in [0, 0.05) is 12.1 Å². The average molecular weight is 214 g/mol. The van der Waals surface area contributed by atoms with Crippen LogP contribution in [0.15, 0.2) is 12.2 Å². The van der Waals surface area contributed by atoms with Crippen LogP contribution >= 0.6 is 0 Å². The van der Waals surface area contributed by atoms with Crippen LogP contribution in [0.3, 0.4) is 0 Å². The first-order valence-corrected chi connectivity index (χ1v) is 5.74. The zero-order valence-electron chi connectivity index (χ0n) is 10.7. The van der Waals surface area contributed by atoms with Crippen LogP contribution < -0.4 is 10.6 Å². The highest BCUT2D eigenvalue weighted by Gasteiger charge is 1.97. The fraction of sp³-hybridized carbons (Fsp3) is 0.750. The summed E-state index contributed by atoms with van der Waals surface area (Å²) in [6.07, 6.45) is 2.15. The van der Waals surface area contributed by atoms with Gasteiger partial charge in [0.15, 0.2) is 0 Å². The second-order valence-corrected chi connectivity index (χ2v) is 3.35. The normalized spacial score (nSPS) is 8.80. The molecule has 0 aliphatic rings. The molecule has 0 rings (SSSR count). The third kappa shape index (κ3) is 15.9. The Kier molecular flexibility index (Phi) is 14.6. The van der Waals surface area contributed by atoms with Gasteiger partial charge in [0.2, 0.25) is 5.91 Å². The Bertz CT molecular complexity index is 165. The van der Waals surface area contributed by atoms with Gasteiger partial charge in [-0.25, -0.2) is 0 Å². The Morgan fingerprint density at radius 2 is 1.73 bits per heavy atom. The summed E-state index contributed by atoms with van der Waals surface area (Å²) < 4.78 is 0. The number of amides is 1. The highest BCUT2D eigenvalue weighted by molar-refractivity contribution is 5.91. The molecule has 0 aliphatic heterocycles. The van der Waals surface area contributed by atoms with Crippen molar-refractivity contribution >= 4 is 5.91 Å². The molecule has 0 aromatic rings. The van der Waals surface area contributed by atoms with Crippen LogP contribution in [0.25, 0.3) is 0 Å². The van der Waals surface area contributed by atoms with Crippen molar-refractivity contribution < 1.29 is 4.79 Å². The lowest BCUT2D eigenvalue weighted by atomic mass is 10.3. The topological polar surface area (TPSA) is 41.1 Å². The fourth-order valence-electron chi connectivity index (χ4n) is 0.780. The number of unbranched alkanes of at least 4 members (excludes halogenated alkanes) is 1. The van der Waals surface area contributed by atoms with Crippen molar-refractivity contribution in [3.05, 3.63) is 12.2 Å². The quantitative estimate of drug-likeness (QED) is 0.525. The summed E-state index contributed by atoms with van der Waals surface area (Å²) in [5.74, 6) is -0.0338. The van der Waals surface area contributed by atoms with Gasteiger partial charge >= 0.3 is 0 Å². The molecule has 0 saturated carbocycles. The lowest BCUT2D eigenvalue weighted by molar-refractivity contribution is -0.117. The summed E-state index contributed by atoms with van der Waals surface area (Å²) in [5.41, 5.74) is 0.580. The maximum absolute atomic E-state index is 10.8. The van der Waals surface area contributed by atoms with Crippen molar-refractivity contribution in [1.29, 1.82) is 0 Å². The summed E-state index contributed by atoms with van der Waals surface area (Å²) in [6, 6.07) is 0. The minimum Gasteiger partial charge on any atom is -0.352 e. The molecular weight excluding hydrogens is 188 g/mol. The molecule has 3 nitrogen and oxygen atoms in total. The third-order valence-corrected chi connectivity index (χ3v) is 1.70. The summed E-state index contributed by atoms with van der Waals surface area (Å²) in [4.78, 5) is 10.8. The third-order valence-electron chi connectivity index (χ3n) is 1.70. The van der Waals surface area contributed by atoms with Crippen molar-refractivity contribution in [2.45, 2.75) is 40.5 Å². The Morgan fingerprint density at radius 1 is 1.20 bits per heavy atom. The molecule has 0 unspecified atom stereocenters. The minimum atomic E-state index is -0.0338. The first-order chi connectivity index (χ1) is 7.09. The van der Waals surface area contributed by atoms with E-state index >= 15 is 0 Å². The predicted octanol–water partition coefficient (Wildman–Crippen LogP) is 2.09. The van der Waals surface area contributed by atoms with E-state index in [4.69, 9.17) is 0 Å². The summed E-state index contributed by atoms with van der Waals surface area (Å²) in [7, 11) is 0. The van der Waals surface area contributed by atoms with Gasteiger partial charge in [-0.05, 0) is 26.4 Å². The number of carbonyl (C=O) groups is 1. The molecule has 0 heterocycles. The first kappa shape index (κ1) is 16.6. The van der Waals surface area contributed by atoms with Crippen molar-refractivity contribution in [1.82, 2.24) is 10.6 Å². The Balaban J connectivity index is 0. The molecule has 0 fully saturated rings. The van der Waals surface area contributed by atoms with E-state index in [9.17, 15) is 4.79 Å². The molecule has 90 valence electrons. The largest absolute Gasteiger partial charge is 0.352 e. The first-order valence-electron chi connectivity index (χ1n) is 5.74. The van der Waals surface area contributed by atoms with Crippen molar-refractivity contribution in [2.24, 2.45) is 0 Å². The van der Waals surface area contributed by atoms with E-state index in [1.165, 1.54) is 0 Å². The highest BCUT2D eigenvalue weighted by atomic mass is 16.1. The minimum absolute atomic E-state index is 0.0338. The highest BCUT2D eigenvalue weighted by Crippen LogP contribution is 1.87. The van der Waals surface area contributed by atoms with Crippen LogP contribution in [0.2, 0.25) is 0 Å². The lowest BCUT2D eigenvalue weighted by Crippen LogP contribution is -2.24. The van der Waals surface area contributed by atoms with Gasteiger partial charge in [-0.2, -0.15) is 0 Å². The van der Waals surface area contributed by atoms with Crippen LogP contribution in [0.1, 0.15) is 40.5 Å². The second kappa shape index (κ2) is 13.2. The van der Waals surface area contributed by atoms with E-state index in [0.717, 1.165) is 32.5 Å². The van der Waals surface area contributed by atoms with Crippen LogP contribution in [-0.2, 0) is 4.79 Å². The Hall–Kier alpha value is -0.830. The smallest absolute Gasteiger partial charge is 0.246 e. The van der Waals surface area contributed by atoms with Gasteiger partial charge in [0.1, 0.15) is 0 Å². The molecule has 0 atom stereocenters. The second-order valence-electron chi connectivity index (χ2n) is 3.35. The van der Waals surface area contributed by atoms with Crippen LogP contribution in [0.4, 0.5) is 0 Å². The van der Waals surface area contributed by atoms with E-state index in [1.807, 2.05) is 0 Å². The summed E-state index contributed by atoms with van der Waals surface area (Å²) >= 11 is 0. The van der Waals surface area contributed by atoms with Crippen molar-refractivity contribution in [3.63, 3.8) is 0 Å². The monoisotopic (exact) mass is 214 g/mol. The van der Waals surface area contributed by atoms with E-state index < -0.39 is 0 Å². The fourth-order valence-corrected chi connectivity index (χ4v) is 0.780. The van der Waals surface area contributed by atoms with Gasteiger partial charge in [0.05, 0.1) is 0 Å². The Labute approximate surface area is 94.3 Å². The summed E-state index contributed by atoms with van der Waals surface area (Å²) in [5, 5.41) is 5.86. The molecule has 0 spiro atoms. The standard InChI is InChI=1S/C8H15NO.C4H11N/c1-4-5-6-9-8(10)7(2)3;1-3-5-4-2/h2,4-6H2,1,3H3,(H,9,10);5H,3-4H2,1-2H3. The van der Waals surface area contributed by atoms with Gasteiger partial charge in [0.25, 0.3) is 0 Å². The number of nitrogens with one attached hydrogen (secondary N) is 2. The van der Waals surface area contributed by atoms with Gasteiger partial charge in [-0.15, -0.1) is 0 Å². The zero-order chi connectivity index (χ0) is 12.1. The van der Waals surface area contributed by atoms with Gasteiger partial charge in [-0.3, -0.25) is 4.79 Å². The average Bonchev–Trinajstić information content (AvgIpc) is 2.20. The van der Waals surface area contributed by atoms with Crippen molar-refractivity contribution in [2.75, 3.05) is 19.6 Å². The van der Waals surface area contributed by atoms with E-state index in [0.29, 0.717) is 5.57 Å². The van der Waals surface area contributed by atoms with Crippen LogP contribution in [0, 0.1) is 0 Å². The number of hydrogen-bond donors (Lipinski definition) is 2. The van der Waals surface area contributed by atoms with E-state index in [2.05, 4.69) is 38.0 Å². The molecule has 1 amide bonds. The maximum Gasteiger partial charge on any atom is 0.246 e. The van der Waals surface area contributed by atoms with Crippen LogP contribution in [-0.4, -0.2) is 25.5 Å². The number of rotatable bonds is 6. The van der Waals surface area contributed by atoms with E-state index in [-0.39, 0.29) is 5.91 Å². The predicted molar refractivity (Wildman–Crippen MR) is 66.9 cm³/mol. The van der Waals surface area contributed by atoms with E-state index in [1.54, 1.807) is 6.92 Å². The van der Waals surface area contributed by atoms with Crippen molar-refractivity contribution in [3.8, 4) is 0 Å². The SMILES string of the molecule is C=C(C)C(=O)NCCCC.CCNCC. The molecule has 0 bridgehead atoms. The molecule has 0 saturated heterocycles. The van der Waals surface area contributed by atoms with Gasteiger partial charge < -0.3 is 10.6 Å². The molecular formula is C12H26N2O. The molecule has 2 N–H and O–H groups in total. The molecule has 0 radical (unpaired) electrons. The number of hydrogen-bond acceptors (Lipinski definition) is 2. The van der Waals surface area contributed by atoms with Gasteiger partial charge in [-0.1, -0.05) is 33.8 Å². The van der Waals surface area contributed by atoms with Crippen LogP contribution in [0.5, 0.6) is 0 Å². The summed E-state index contributed by atoms with van der Waals surface area (Å²) in [6.45, 7) is 14.5. The molecule has 0 aromatic carbocycles. The molecule has 0 aliphatic carbocycles. The zero-order valence-corrected chi connectivity index (χ0v) is 10.7. The lowest BCUT2D eigenvalue weighted by Gasteiger charge is -2.01.